The Bertz CT molecular complexity index is 1420. The monoisotopic (exact) mass is 484 g/mol. The number of halogens is 4. The van der Waals surface area contributed by atoms with Crippen molar-refractivity contribution >= 4 is 22.5 Å². The number of carbonyl (C=O) groups excluding carboxylic acids is 1. The Kier molecular flexibility index (Phi) is 5.62. The predicted molar refractivity (Wildman–Crippen MR) is 121 cm³/mol. The lowest BCUT2D eigenvalue weighted by molar-refractivity contribution is -0.138. The van der Waals surface area contributed by atoms with Crippen LogP contribution in [0.4, 0.5) is 23.4 Å². The highest BCUT2D eigenvalue weighted by Crippen LogP contribution is 2.34. The first-order chi connectivity index (χ1) is 16.7. The van der Waals surface area contributed by atoms with E-state index >= 15 is 0 Å². The molecule has 1 fully saturated rings. The number of benzene rings is 2. The molecule has 1 aliphatic heterocycles. The number of fused-ring (bicyclic) bond motifs is 1. The fraction of sp³-hybridized carbons (Fsp3) is 0.250. The largest absolute Gasteiger partial charge is 0.417 e. The van der Waals surface area contributed by atoms with E-state index in [0.29, 0.717) is 37.1 Å². The lowest BCUT2D eigenvalue weighted by Crippen LogP contribution is -2.38. The summed E-state index contributed by atoms with van der Waals surface area (Å²) in [5, 5.41) is 17.5. The van der Waals surface area contributed by atoms with Gasteiger partial charge < -0.3 is 10.2 Å². The molecule has 180 valence electrons. The van der Waals surface area contributed by atoms with Gasteiger partial charge in [-0.15, -0.1) is 10.2 Å². The van der Waals surface area contributed by atoms with E-state index in [4.69, 9.17) is 0 Å². The Morgan fingerprint density at radius 2 is 1.86 bits per heavy atom. The van der Waals surface area contributed by atoms with E-state index in [1.165, 1.54) is 0 Å². The topological polar surface area (TPSA) is 75.9 Å². The minimum Gasteiger partial charge on any atom is -0.352 e. The summed E-state index contributed by atoms with van der Waals surface area (Å²) < 4.78 is 55.1. The van der Waals surface area contributed by atoms with Crippen molar-refractivity contribution in [2.45, 2.75) is 18.6 Å². The standard InChI is InChI=1S/C24H20F4N6O/c1-33-20(8-10-29-33)21-16-4-2-3-5-17(16)22(32-31-21)34-11-9-15(13-34)30-23(35)18-7-6-14(25)12-19(18)24(26,27)28/h2-8,10,12,15H,9,11,13H2,1H3,(H,30,35). The van der Waals surface area contributed by atoms with Crippen LogP contribution in [0, 0.1) is 5.82 Å². The number of nitrogens with zero attached hydrogens (tertiary/aromatic N) is 5. The van der Waals surface area contributed by atoms with Crippen LogP contribution in [0.5, 0.6) is 0 Å². The summed E-state index contributed by atoms with van der Waals surface area (Å²) in [6.45, 7) is 0.877. The van der Waals surface area contributed by atoms with Crippen LogP contribution >= 0.6 is 0 Å². The number of aromatic nitrogens is 4. The third-order valence-electron chi connectivity index (χ3n) is 6.09. The highest BCUT2D eigenvalue weighted by Gasteiger charge is 2.36. The summed E-state index contributed by atoms with van der Waals surface area (Å²) in [4.78, 5) is 14.6. The number of anilines is 1. The van der Waals surface area contributed by atoms with Gasteiger partial charge >= 0.3 is 6.18 Å². The van der Waals surface area contributed by atoms with Gasteiger partial charge in [-0.2, -0.15) is 18.3 Å². The summed E-state index contributed by atoms with van der Waals surface area (Å²) in [5.74, 6) is -1.33. The summed E-state index contributed by atoms with van der Waals surface area (Å²) in [6.07, 6.45) is -2.66. The van der Waals surface area contributed by atoms with E-state index in [1.807, 2.05) is 42.3 Å². The van der Waals surface area contributed by atoms with Crippen molar-refractivity contribution in [1.82, 2.24) is 25.3 Å². The number of aryl methyl sites for hydroxylation is 1. The Morgan fingerprint density at radius 3 is 2.57 bits per heavy atom. The van der Waals surface area contributed by atoms with Crippen LogP contribution in [0.1, 0.15) is 22.3 Å². The molecule has 1 unspecified atom stereocenters. The zero-order chi connectivity index (χ0) is 24.7. The van der Waals surface area contributed by atoms with Gasteiger partial charge in [-0.1, -0.05) is 24.3 Å². The van der Waals surface area contributed by atoms with Crippen LogP contribution in [-0.2, 0) is 13.2 Å². The zero-order valence-electron chi connectivity index (χ0n) is 18.6. The van der Waals surface area contributed by atoms with Crippen LogP contribution in [0.2, 0.25) is 0 Å². The number of nitrogens with one attached hydrogen (secondary N) is 1. The normalized spacial score (nSPS) is 16.1. The van der Waals surface area contributed by atoms with Gasteiger partial charge in [0.1, 0.15) is 11.5 Å². The van der Waals surface area contributed by atoms with Crippen molar-refractivity contribution in [1.29, 1.82) is 0 Å². The SMILES string of the molecule is Cn1nccc1-c1nnc(N2CCC(NC(=O)c3ccc(F)cc3C(F)(F)F)C2)c2ccccc12. The molecule has 1 aliphatic rings. The first kappa shape index (κ1) is 22.8. The first-order valence-electron chi connectivity index (χ1n) is 10.9. The fourth-order valence-electron chi connectivity index (χ4n) is 4.40. The van der Waals surface area contributed by atoms with Gasteiger partial charge in [-0.3, -0.25) is 9.48 Å². The number of amides is 1. The number of hydrogen-bond donors (Lipinski definition) is 1. The molecule has 1 N–H and O–H groups in total. The highest BCUT2D eigenvalue weighted by atomic mass is 19.4. The quantitative estimate of drug-likeness (QED) is 0.440. The number of alkyl halides is 3. The molecular formula is C24H20F4N6O. The minimum absolute atomic E-state index is 0.335. The molecule has 7 nitrogen and oxygen atoms in total. The van der Waals surface area contributed by atoms with E-state index in [9.17, 15) is 22.4 Å². The molecule has 0 spiro atoms. The van der Waals surface area contributed by atoms with Gasteiger partial charge in [0.05, 0.1) is 16.8 Å². The van der Waals surface area contributed by atoms with Crippen LogP contribution in [0.3, 0.4) is 0 Å². The molecule has 5 rings (SSSR count). The van der Waals surface area contributed by atoms with E-state index in [1.54, 1.807) is 10.9 Å². The van der Waals surface area contributed by atoms with Gasteiger partial charge in [0.15, 0.2) is 5.82 Å². The molecule has 1 saturated heterocycles. The lowest BCUT2D eigenvalue weighted by Gasteiger charge is -2.20. The molecular weight excluding hydrogens is 464 g/mol. The van der Waals surface area contributed by atoms with Gasteiger partial charge in [0.2, 0.25) is 0 Å². The molecule has 11 heteroatoms. The number of hydrogen-bond acceptors (Lipinski definition) is 5. The van der Waals surface area contributed by atoms with Crippen LogP contribution in [0.15, 0.2) is 54.7 Å². The Balaban J connectivity index is 1.39. The fourth-order valence-corrected chi connectivity index (χ4v) is 4.40. The Labute approximate surface area is 197 Å². The predicted octanol–water partition coefficient (Wildman–Crippen LogP) is 4.20. The lowest BCUT2D eigenvalue weighted by atomic mass is 10.1. The van der Waals surface area contributed by atoms with Gasteiger partial charge in [-0.05, 0) is 30.7 Å². The van der Waals surface area contributed by atoms with Crippen molar-refractivity contribution in [2.24, 2.45) is 7.05 Å². The number of rotatable bonds is 4. The average Bonchev–Trinajstić information content (AvgIpc) is 3.46. The molecule has 1 atom stereocenters. The molecule has 0 saturated carbocycles. The van der Waals surface area contributed by atoms with Crippen molar-refractivity contribution in [3.8, 4) is 11.4 Å². The number of carbonyl (C=O) groups is 1. The molecule has 4 aromatic rings. The van der Waals surface area contributed by atoms with E-state index in [0.717, 1.165) is 28.6 Å². The summed E-state index contributed by atoms with van der Waals surface area (Å²) in [7, 11) is 1.82. The van der Waals surface area contributed by atoms with Crippen molar-refractivity contribution in [2.75, 3.05) is 18.0 Å². The van der Waals surface area contributed by atoms with Gasteiger partial charge in [-0.25, -0.2) is 4.39 Å². The first-order valence-corrected chi connectivity index (χ1v) is 10.9. The van der Waals surface area contributed by atoms with Crippen LogP contribution in [0.25, 0.3) is 22.2 Å². The summed E-state index contributed by atoms with van der Waals surface area (Å²) in [5.41, 5.74) is -0.411. The Morgan fingerprint density at radius 1 is 1.09 bits per heavy atom. The molecule has 0 aliphatic carbocycles. The highest BCUT2D eigenvalue weighted by molar-refractivity contribution is 6.00. The molecule has 2 aromatic carbocycles. The summed E-state index contributed by atoms with van der Waals surface area (Å²) >= 11 is 0. The molecule has 2 aromatic heterocycles. The second-order valence-electron chi connectivity index (χ2n) is 8.35. The average molecular weight is 484 g/mol. The van der Waals surface area contributed by atoms with Gasteiger partial charge in [0.25, 0.3) is 5.91 Å². The van der Waals surface area contributed by atoms with Crippen molar-refractivity contribution in [3.05, 3.63) is 71.7 Å². The molecule has 0 radical (unpaired) electrons. The van der Waals surface area contributed by atoms with Crippen LogP contribution in [-0.4, -0.2) is 45.0 Å². The smallest absolute Gasteiger partial charge is 0.352 e. The maximum Gasteiger partial charge on any atom is 0.417 e. The van der Waals surface area contributed by atoms with Gasteiger partial charge in [0, 0.05) is 43.1 Å². The summed E-state index contributed by atoms with van der Waals surface area (Å²) in [6, 6.07) is 11.1. The molecule has 35 heavy (non-hydrogen) atoms. The maximum atomic E-state index is 13.4. The van der Waals surface area contributed by atoms with Crippen molar-refractivity contribution < 1.29 is 22.4 Å². The molecule has 3 heterocycles. The second kappa shape index (κ2) is 8.64. The van der Waals surface area contributed by atoms with Crippen LogP contribution < -0.4 is 10.2 Å². The maximum absolute atomic E-state index is 13.4. The van der Waals surface area contributed by atoms with E-state index in [2.05, 4.69) is 20.6 Å². The third kappa shape index (κ3) is 4.29. The Hall–Kier alpha value is -4.02. The van der Waals surface area contributed by atoms with E-state index < -0.39 is 35.1 Å². The third-order valence-corrected chi connectivity index (χ3v) is 6.09. The van der Waals surface area contributed by atoms with Crippen molar-refractivity contribution in [3.63, 3.8) is 0 Å². The van der Waals surface area contributed by atoms with E-state index in [-0.39, 0.29) is 0 Å². The second-order valence-corrected chi connectivity index (χ2v) is 8.35. The molecule has 1 amide bonds. The minimum atomic E-state index is -4.85. The molecule has 0 bridgehead atoms. The zero-order valence-corrected chi connectivity index (χ0v) is 18.6.